The van der Waals surface area contributed by atoms with Gasteiger partial charge in [-0.2, -0.15) is 0 Å². The van der Waals surface area contributed by atoms with Crippen molar-refractivity contribution in [3.63, 3.8) is 0 Å². The summed E-state index contributed by atoms with van der Waals surface area (Å²) in [4.78, 5) is 4.05. The van der Waals surface area contributed by atoms with E-state index in [1.807, 2.05) is 24.3 Å². The van der Waals surface area contributed by atoms with Crippen LogP contribution in [0.15, 0.2) is 41.1 Å². The fraction of sp³-hybridized carbons (Fsp3) is 0.100. The number of halogens is 1. The topological polar surface area (TPSA) is 52.0 Å². The molecular formula is C10H11ClN2O. The zero-order chi connectivity index (χ0) is 9.10. The number of aromatic nitrogens is 1. The van der Waals surface area contributed by atoms with Crippen LogP contribution in [0.2, 0.25) is 0 Å². The number of hydrogen-bond acceptors (Lipinski definition) is 3. The maximum atomic E-state index is 5.52. The normalized spacial score (nSPS) is 9.50. The van der Waals surface area contributed by atoms with Gasteiger partial charge in [-0.25, -0.2) is 4.98 Å². The molecule has 0 aliphatic heterocycles. The fourth-order valence-electron chi connectivity index (χ4n) is 1.20. The van der Waals surface area contributed by atoms with Gasteiger partial charge in [-0.1, -0.05) is 12.1 Å². The summed E-state index contributed by atoms with van der Waals surface area (Å²) in [5, 5.41) is 0. The van der Waals surface area contributed by atoms with Crippen LogP contribution >= 0.6 is 12.4 Å². The largest absolute Gasteiger partial charge is 0.445 e. The molecule has 1 aromatic carbocycles. The Morgan fingerprint density at radius 1 is 1.36 bits per heavy atom. The Labute approximate surface area is 88.4 Å². The predicted molar refractivity (Wildman–Crippen MR) is 57.1 cm³/mol. The maximum Gasteiger partial charge on any atom is 0.225 e. The quantitative estimate of drug-likeness (QED) is 0.827. The van der Waals surface area contributed by atoms with Gasteiger partial charge in [0.2, 0.25) is 5.89 Å². The smallest absolute Gasteiger partial charge is 0.225 e. The molecule has 0 spiro atoms. The zero-order valence-electron chi connectivity index (χ0n) is 7.51. The van der Waals surface area contributed by atoms with Crippen molar-refractivity contribution in [2.75, 3.05) is 0 Å². The first-order valence-electron chi connectivity index (χ1n) is 4.09. The molecule has 0 fully saturated rings. The molecule has 2 rings (SSSR count). The second-order valence-electron chi connectivity index (χ2n) is 2.74. The lowest BCUT2D eigenvalue weighted by Gasteiger charge is -1.98. The van der Waals surface area contributed by atoms with Crippen LogP contribution in [0.4, 0.5) is 0 Å². The summed E-state index contributed by atoms with van der Waals surface area (Å²) in [6, 6.07) is 7.85. The van der Waals surface area contributed by atoms with Crippen LogP contribution in [0.3, 0.4) is 0 Å². The van der Waals surface area contributed by atoms with Gasteiger partial charge >= 0.3 is 0 Å². The Bertz CT molecular complexity index is 387. The van der Waals surface area contributed by atoms with Crippen molar-refractivity contribution in [1.82, 2.24) is 4.98 Å². The van der Waals surface area contributed by atoms with Crippen molar-refractivity contribution in [2.45, 2.75) is 6.54 Å². The third kappa shape index (κ3) is 2.13. The minimum absolute atomic E-state index is 0. The van der Waals surface area contributed by atoms with Gasteiger partial charge in [-0.15, -0.1) is 12.4 Å². The standard InChI is InChI=1S/C10H10N2O.ClH/c11-7-8-2-1-3-9(6-8)10-12-4-5-13-10;/h1-6H,7,11H2;1H. The summed E-state index contributed by atoms with van der Waals surface area (Å²) in [5.74, 6) is 0.635. The minimum atomic E-state index is 0. The summed E-state index contributed by atoms with van der Waals surface area (Å²) >= 11 is 0. The number of rotatable bonds is 2. The summed E-state index contributed by atoms with van der Waals surface area (Å²) in [6.07, 6.45) is 3.19. The second kappa shape index (κ2) is 4.79. The molecule has 0 saturated heterocycles. The average Bonchev–Trinajstić information content (AvgIpc) is 2.71. The van der Waals surface area contributed by atoms with Gasteiger partial charge in [0.25, 0.3) is 0 Å². The molecular weight excluding hydrogens is 200 g/mol. The highest BCUT2D eigenvalue weighted by Crippen LogP contribution is 2.17. The average molecular weight is 211 g/mol. The summed E-state index contributed by atoms with van der Waals surface area (Å²) in [5.41, 5.74) is 7.57. The molecule has 0 radical (unpaired) electrons. The van der Waals surface area contributed by atoms with Gasteiger partial charge in [0.1, 0.15) is 6.26 Å². The monoisotopic (exact) mass is 210 g/mol. The van der Waals surface area contributed by atoms with Crippen molar-refractivity contribution in [2.24, 2.45) is 5.73 Å². The number of benzene rings is 1. The van der Waals surface area contributed by atoms with E-state index >= 15 is 0 Å². The first kappa shape index (κ1) is 10.8. The van der Waals surface area contributed by atoms with E-state index in [0.717, 1.165) is 11.1 Å². The molecule has 0 aliphatic carbocycles. The van der Waals surface area contributed by atoms with Crippen LogP contribution in [-0.4, -0.2) is 4.98 Å². The van der Waals surface area contributed by atoms with Crippen LogP contribution in [0, 0.1) is 0 Å². The van der Waals surface area contributed by atoms with Crippen molar-refractivity contribution in [3.8, 4) is 11.5 Å². The first-order valence-corrected chi connectivity index (χ1v) is 4.09. The molecule has 74 valence electrons. The summed E-state index contributed by atoms with van der Waals surface area (Å²) in [7, 11) is 0. The van der Waals surface area contributed by atoms with Crippen molar-refractivity contribution < 1.29 is 4.42 Å². The molecule has 0 bridgehead atoms. The molecule has 2 N–H and O–H groups in total. The number of oxazole rings is 1. The van der Waals surface area contributed by atoms with Crippen molar-refractivity contribution in [1.29, 1.82) is 0 Å². The SMILES string of the molecule is Cl.NCc1cccc(-c2ncco2)c1. The number of nitrogens with zero attached hydrogens (tertiary/aromatic N) is 1. The summed E-state index contributed by atoms with van der Waals surface area (Å²) in [6.45, 7) is 0.536. The number of hydrogen-bond donors (Lipinski definition) is 1. The Balaban J connectivity index is 0.000000980. The molecule has 2 aromatic rings. The number of nitrogens with two attached hydrogens (primary N) is 1. The highest BCUT2D eigenvalue weighted by atomic mass is 35.5. The van der Waals surface area contributed by atoms with E-state index in [4.69, 9.17) is 10.2 Å². The van der Waals surface area contributed by atoms with Gasteiger partial charge in [0.15, 0.2) is 0 Å². The van der Waals surface area contributed by atoms with E-state index in [-0.39, 0.29) is 12.4 Å². The van der Waals surface area contributed by atoms with E-state index in [1.54, 1.807) is 12.5 Å². The highest BCUT2D eigenvalue weighted by molar-refractivity contribution is 5.85. The van der Waals surface area contributed by atoms with E-state index in [0.29, 0.717) is 12.4 Å². The predicted octanol–water partition coefficient (Wildman–Crippen LogP) is 2.22. The Hall–Kier alpha value is -1.32. The Morgan fingerprint density at radius 2 is 2.21 bits per heavy atom. The highest BCUT2D eigenvalue weighted by Gasteiger charge is 2.01. The van der Waals surface area contributed by atoms with Gasteiger partial charge in [0, 0.05) is 12.1 Å². The molecule has 4 heteroatoms. The van der Waals surface area contributed by atoms with E-state index in [1.165, 1.54) is 0 Å². The third-order valence-electron chi connectivity index (χ3n) is 1.84. The van der Waals surface area contributed by atoms with Crippen LogP contribution in [0.25, 0.3) is 11.5 Å². The molecule has 0 amide bonds. The van der Waals surface area contributed by atoms with Gasteiger partial charge < -0.3 is 10.2 Å². The lowest BCUT2D eigenvalue weighted by atomic mass is 10.1. The molecule has 0 aliphatic rings. The van der Waals surface area contributed by atoms with Crippen LogP contribution in [0.1, 0.15) is 5.56 Å². The van der Waals surface area contributed by atoms with Crippen molar-refractivity contribution >= 4 is 12.4 Å². The van der Waals surface area contributed by atoms with Gasteiger partial charge in [-0.3, -0.25) is 0 Å². The Kier molecular flexibility index (Phi) is 3.68. The third-order valence-corrected chi connectivity index (χ3v) is 1.84. The fourth-order valence-corrected chi connectivity index (χ4v) is 1.20. The van der Waals surface area contributed by atoms with E-state index < -0.39 is 0 Å². The summed E-state index contributed by atoms with van der Waals surface area (Å²) < 4.78 is 5.17. The molecule has 0 unspecified atom stereocenters. The van der Waals surface area contributed by atoms with Crippen LogP contribution in [0.5, 0.6) is 0 Å². The zero-order valence-corrected chi connectivity index (χ0v) is 8.33. The van der Waals surface area contributed by atoms with Crippen molar-refractivity contribution in [3.05, 3.63) is 42.3 Å². The molecule has 0 atom stereocenters. The Morgan fingerprint density at radius 3 is 2.86 bits per heavy atom. The van der Waals surface area contributed by atoms with Gasteiger partial charge in [0.05, 0.1) is 6.20 Å². The van der Waals surface area contributed by atoms with E-state index in [2.05, 4.69) is 4.98 Å². The van der Waals surface area contributed by atoms with Gasteiger partial charge in [-0.05, 0) is 17.7 Å². The van der Waals surface area contributed by atoms with E-state index in [9.17, 15) is 0 Å². The maximum absolute atomic E-state index is 5.52. The van der Waals surface area contributed by atoms with Crippen LogP contribution in [-0.2, 0) is 6.54 Å². The first-order chi connectivity index (χ1) is 6.40. The molecule has 3 nitrogen and oxygen atoms in total. The second-order valence-corrected chi connectivity index (χ2v) is 2.74. The van der Waals surface area contributed by atoms with Crippen LogP contribution < -0.4 is 5.73 Å². The lowest BCUT2D eigenvalue weighted by molar-refractivity contribution is 0.574. The molecule has 0 saturated carbocycles. The molecule has 1 aromatic heterocycles. The molecule has 14 heavy (non-hydrogen) atoms. The lowest BCUT2D eigenvalue weighted by Crippen LogP contribution is -1.95. The minimum Gasteiger partial charge on any atom is -0.445 e. The molecule has 1 heterocycles.